The van der Waals surface area contributed by atoms with E-state index in [9.17, 15) is 54.9 Å². The lowest BCUT2D eigenvalue weighted by atomic mass is 9.31. The van der Waals surface area contributed by atoms with Crippen LogP contribution >= 0.6 is 0 Å². The molecule has 2 heterocycles. The van der Waals surface area contributed by atoms with Crippen molar-refractivity contribution in [3.8, 4) is 0 Å². The molecule has 0 radical (unpaired) electrons. The number of aliphatic hydroxyl groups excluding tert-OH is 6. The van der Waals surface area contributed by atoms with Crippen LogP contribution in [0.3, 0.4) is 0 Å². The Morgan fingerprint density at radius 2 is 1.38 bits per heavy atom. The molecule has 0 bridgehead atoms. The van der Waals surface area contributed by atoms with Crippen molar-refractivity contribution < 1.29 is 88.1 Å². The predicted molar refractivity (Wildman–Crippen MR) is 252 cm³/mol. The first-order valence-corrected chi connectivity index (χ1v) is 25.4. The monoisotopic (exact) mass is 1000 g/mol. The van der Waals surface area contributed by atoms with Crippen LogP contribution in [0.5, 0.6) is 0 Å². The Hall–Kier alpha value is -3.30. The fraction of sp³-hybridized carbons (Fsp3) is 0.811. The summed E-state index contributed by atoms with van der Waals surface area (Å²) in [5.74, 6) is -3.67. The maximum atomic E-state index is 13.9. The molecule has 5 aliphatic carbocycles. The first-order chi connectivity index (χ1) is 33.0. The molecule has 4 saturated carbocycles. The summed E-state index contributed by atoms with van der Waals surface area (Å²) in [7, 11) is 0. The van der Waals surface area contributed by atoms with Gasteiger partial charge in [-0.3, -0.25) is 4.79 Å². The van der Waals surface area contributed by atoms with Gasteiger partial charge in [0.1, 0.15) is 48.8 Å². The van der Waals surface area contributed by atoms with Gasteiger partial charge in [0.25, 0.3) is 0 Å². The molecule has 2 saturated heterocycles. The second-order valence-electron chi connectivity index (χ2n) is 24.0. The second-order valence-corrected chi connectivity index (χ2v) is 24.0. The summed E-state index contributed by atoms with van der Waals surface area (Å²) in [5, 5.41) is 75.5. The van der Waals surface area contributed by atoms with E-state index >= 15 is 0 Å². The zero-order chi connectivity index (χ0) is 52.7. The Morgan fingerprint density at radius 3 is 1.96 bits per heavy atom. The summed E-state index contributed by atoms with van der Waals surface area (Å²) >= 11 is 0. The van der Waals surface area contributed by atoms with Crippen LogP contribution in [0.25, 0.3) is 0 Å². The molecule has 6 fully saturated rings. The number of aliphatic carboxylic acids is 1. The van der Waals surface area contributed by atoms with Crippen LogP contribution < -0.4 is 0 Å². The van der Waals surface area contributed by atoms with Gasteiger partial charge in [-0.1, -0.05) is 72.3 Å². The summed E-state index contributed by atoms with van der Waals surface area (Å²) < 4.78 is 42.6. The summed E-state index contributed by atoms with van der Waals surface area (Å²) in [6.07, 6.45) is -9.63. The highest BCUT2D eigenvalue weighted by molar-refractivity contribution is 5.89. The molecule has 18 heteroatoms. The van der Waals surface area contributed by atoms with Crippen LogP contribution in [-0.2, 0) is 52.3 Å². The van der Waals surface area contributed by atoms with Crippen LogP contribution in [0, 0.1) is 50.2 Å². The van der Waals surface area contributed by atoms with Crippen molar-refractivity contribution in [3.63, 3.8) is 0 Å². The summed E-state index contributed by atoms with van der Waals surface area (Å²) in [6.45, 7) is 22.5. The molecule has 7 rings (SSSR count). The lowest BCUT2D eigenvalue weighted by Crippen LogP contribution is -2.73. The fourth-order valence-corrected chi connectivity index (χ4v) is 15.1. The summed E-state index contributed by atoms with van der Waals surface area (Å²) in [4.78, 5) is 53.4. The van der Waals surface area contributed by atoms with E-state index in [1.165, 1.54) is 6.92 Å². The van der Waals surface area contributed by atoms with E-state index in [0.717, 1.165) is 12.0 Å². The summed E-state index contributed by atoms with van der Waals surface area (Å²) in [6, 6.07) is 0. The highest BCUT2D eigenvalue weighted by Gasteiger charge is 2.75. The quantitative estimate of drug-likeness (QED) is 0.0506. The molecular formula is C53H80O18. The lowest BCUT2D eigenvalue weighted by molar-refractivity contribution is -0.352. The van der Waals surface area contributed by atoms with Gasteiger partial charge in [-0.05, 0) is 112 Å². The Morgan fingerprint density at radius 1 is 0.761 bits per heavy atom. The van der Waals surface area contributed by atoms with Gasteiger partial charge in [0.2, 0.25) is 0 Å². The molecule has 71 heavy (non-hydrogen) atoms. The van der Waals surface area contributed by atoms with Gasteiger partial charge in [-0.15, -0.1) is 0 Å². The minimum atomic E-state index is -1.92. The number of carboxylic acids is 1. The van der Waals surface area contributed by atoms with E-state index in [0.29, 0.717) is 43.3 Å². The van der Waals surface area contributed by atoms with Crippen molar-refractivity contribution in [1.29, 1.82) is 0 Å². The molecule has 20 unspecified atom stereocenters. The normalized spacial score (nSPS) is 46.2. The molecule has 0 amide bonds. The molecule has 20 atom stereocenters. The van der Waals surface area contributed by atoms with Crippen molar-refractivity contribution in [3.05, 3.63) is 34.9 Å². The van der Waals surface area contributed by atoms with Gasteiger partial charge in [0.05, 0.1) is 24.7 Å². The number of allylic oxidation sites excluding steroid dienone is 4. The van der Waals surface area contributed by atoms with Crippen molar-refractivity contribution in [2.24, 2.45) is 50.2 Å². The Balaban J connectivity index is 1.23. The van der Waals surface area contributed by atoms with Gasteiger partial charge in [-0.25, -0.2) is 14.4 Å². The molecule has 0 aromatic rings. The van der Waals surface area contributed by atoms with Crippen LogP contribution in [0.15, 0.2) is 34.9 Å². The number of ether oxygens (including phenoxy) is 7. The fourth-order valence-electron chi connectivity index (χ4n) is 15.1. The van der Waals surface area contributed by atoms with Crippen LogP contribution in [0.2, 0.25) is 0 Å². The molecule has 0 aromatic heterocycles. The Bertz CT molecular complexity index is 2150. The number of hydrogen-bond acceptors (Lipinski definition) is 17. The third kappa shape index (κ3) is 9.15. The largest absolute Gasteiger partial charge is 0.479 e. The first-order valence-electron chi connectivity index (χ1n) is 25.4. The smallest absolute Gasteiger partial charge is 0.335 e. The maximum Gasteiger partial charge on any atom is 0.335 e. The number of esters is 3. The molecular weight excluding hydrogens is 925 g/mol. The molecule has 7 aliphatic rings. The predicted octanol–water partition coefficient (Wildman–Crippen LogP) is 4.04. The number of hydrogen-bond donors (Lipinski definition) is 7. The van der Waals surface area contributed by atoms with E-state index in [-0.39, 0.29) is 29.1 Å². The van der Waals surface area contributed by atoms with Crippen LogP contribution in [0.4, 0.5) is 0 Å². The summed E-state index contributed by atoms with van der Waals surface area (Å²) in [5.41, 5.74) is -2.15. The number of fused-ring (bicyclic) bond motifs is 7. The molecule has 0 spiro atoms. The average Bonchev–Trinajstić information content (AvgIpc) is 3.29. The minimum absolute atomic E-state index is 0.0328. The molecule has 7 N–H and O–H groups in total. The Kier molecular flexibility index (Phi) is 15.4. The first kappa shape index (κ1) is 55.5. The van der Waals surface area contributed by atoms with E-state index in [1.807, 2.05) is 13.8 Å². The van der Waals surface area contributed by atoms with Gasteiger partial charge >= 0.3 is 23.9 Å². The lowest BCUT2D eigenvalue weighted by Gasteiger charge is -2.73. The minimum Gasteiger partial charge on any atom is -0.479 e. The number of carboxylic acid groups (broad SMARTS) is 1. The van der Waals surface area contributed by atoms with Crippen molar-refractivity contribution in [2.45, 2.75) is 208 Å². The molecule has 18 nitrogen and oxygen atoms in total. The van der Waals surface area contributed by atoms with Crippen molar-refractivity contribution in [1.82, 2.24) is 0 Å². The van der Waals surface area contributed by atoms with Gasteiger partial charge in [0, 0.05) is 23.5 Å². The number of carbonyl (C=O) groups is 4. The SMILES string of the molecule is CC=C(C)C(=O)OC1C(OC(=O)C(C)=CC)C2(CO)C(OC(C)=O)CC3(C)C(=CCC4C5(C)CCC(OC6OC(C(=O)O)C(O)C(OC7OCC(O)C(O)C7O)C6O)CC5C(C)(C)CC43C)C2CC1(C)C. The standard InChI is InChI=1S/C53H80O18/c1-13-25(3)44(63)70-41-42(71-45(64)26(4)14-2)53(24-54)30(20-48(41,6)7)29-15-16-32-50(10)18-17-28(19-33(50)49(8,9)23-52(32,12)51(29,11)21-34(53)66-27(5)55)67-47-38(60)39(37(59)40(69-47)43(61)62)68-46-36(58)35(57)31(56)22-65-46/h13-15,28,30-42,46-47,54,56-60H,16-24H2,1-12H3,(H,61,62). The highest BCUT2D eigenvalue weighted by atomic mass is 16.7. The van der Waals surface area contributed by atoms with Gasteiger partial charge in [-0.2, -0.15) is 0 Å². The Labute approximate surface area is 417 Å². The van der Waals surface area contributed by atoms with Crippen molar-refractivity contribution in [2.75, 3.05) is 13.2 Å². The van der Waals surface area contributed by atoms with Gasteiger partial charge < -0.3 is 68.9 Å². The molecule has 400 valence electrons. The third-order valence-corrected chi connectivity index (χ3v) is 19.0. The topological polar surface area (TPSA) is 274 Å². The van der Waals surface area contributed by atoms with Crippen LogP contribution in [-0.4, -0.2) is 153 Å². The number of rotatable bonds is 11. The zero-order valence-corrected chi connectivity index (χ0v) is 43.5. The number of carbonyl (C=O) groups excluding carboxylic acids is 3. The molecule has 0 aromatic carbocycles. The van der Waals surface area contributed by atoms with Crippen molar-refractivity contribution >= 4 is 23.9 Å². The van der Waals surface area contributed by atoms with Gasteiger partial charge in [0.15, 0.2) is 24.8 Å². The van der Waals surface area contributed by atoms with E-state index in [2.05, 4.69) is 40.7 Å². The second kappa shape index (κ2) is 19.8. The zero-order valence-electron chi connectivity index (χ0n) is 43.5. The van der Waals surface area contributed by atoms with E-state index < -0.39 is 144 Å². The van der Waals surface area contributed by atoms with E-state index in [4.69, 9.17) is 33.2 Å². The molecule has 2 aliphatic heterocycles. The highest BCUT2D eigenvalue weighted by Crippen LogP contribution is 2.77. The average molecular weight is 1010 g/mol. The third-order valence-electron chi connectivity index (χ3n) is 19.0. The maximum absolute atomic E-state index is 13.9. The number of aliphatic hydroxyl groups is 6. The van der Waals surface area contributed by atoms with Crippen LogP contribution in [0.1, 0.15) is 128 Å². The van der Waals surface area contributed by atoms with E-state index in [1.54, 1.807) is 39.8 Å².